The summed E-state index contributed by atoms with van der Waals surface area (Å²) in [7, 11) is 1.43. The third-order valence-corrected chi connectivity index (χ3v) is 4.82. The Morgan fingerprint density at radius 2 is 1.89 bits per heavy atom. The Morgan fingerprint density at radius 1 is 1.11 bits per heavy atom. The second-order valence-corrected chi connectivity index (χ2v) is 6.54. The monoisotopic (exact) mass is 366 g/mol. The molecule has 0 radical (unpaired) electrons. The maximum Gasteiger partial charge on any atom is 0.180 e. The number of ketones is 1. The lowest BCUT2D eigenvalue weighted by atomic mass is 10.1. The molecule has 2 aromatic heterocycles. The van der Waals surface area contributed by atoms with Gasteiger partial charge >= 0.3 is 0 Å². The summed E-state index contributed by atoms with van der Waals surface area (Å²) >= 11 is 0. The number of aryl methyl sites for hydroxylation is 1. The van der Waals surface area contributed by atoms with Crippen molar-refractivity contribution in [3.05, 3.63) is 42.0 Å². The molecule has 1 saturated heterocycles. The van der Waals surface area contributed by atoms with Crippen molar-refractivity contribution in [2.24, 2.45) is 0 Å². The highest BCUT2D eigenvalue weighted by molar-refractivity contribution is 5.88. The van der Waals surface area contributed by atoms with E-state index in [1.54, 1.807) is 12.3 Å². The number of halogens is 1. The Bertz CT molecular complexity index is 1010. The Kier molecular flexibility index (Phi) is 4.43. The van der Waals surface area contributed by atoms with E-state index in [4.69, 9.17) is 4.74 Å². The molecule has 7 heteroatoms. The normalized spacial score (nSPS) is 14.6. The summed E-state index contributed by atoms with van der Waals surface area (Å²) in [6.45, 7) is 3.23. The summed E-state index contributed by atoms with van der Waals surface area (Å²) in [6.07, 6.45) is 2.82. The van der Waals surface area contributed by atoms with Gasteiger partial charge in [-0.25, -0.2) is 19.3 Å². The number of hydrogen-bond acceptors (Lipinski definition) is 6. The van der Waals surface area contributed by atoms with E-state index in [2.05, 4.69) is 19.9 Å². The standard InChI is InChI=1S/C20H19FN4O2/c1-12-15-4-5-16(21)19(27-2)18(15)24-20(23-12)13-3-6-17(22-11-13)25-9-7-14(26)8-10-25/h3-6,11H,7-10H2,1-2H3. The predicted octanol–water partition coefficient (Wildman–Crippen LogP) is 3.32. The highest BCUT2D eigenvalue weighted by Gasteiger charge is 2.18. The molecule has 0 N–H and O–H groups in total. The van der Waals surface area contributed by atoms with Crippen LogP contribution < -0.4 is 9.64 Å². The average molecular weight is 366 g/mol. The molecule has 0 aliphatic carbocycles. The minimum absolute atomic E-state index is 0.113. The van der Waals surface area contributed by atoms with Gasteiger partial charge in [0.25, 0.3) is 0 Å². The molecule has 6 nitrogen and oxygen atoms in total. The third kappa shape index (κ3) is 3.20. The van der Waals surface area contributed by atoms with Gasteiger partial charge in [0.2, 0.25) is 0 Å². The molecule has 3 heterocycles. The van der Waals surface area contributed by atoms with E-state index in [-0.39, 0.29) is 5.75 Å². The number of carbonyl (C=O) groups is 1. The largest absolute Gasteiger partial charge is 0.491 e. The number of aromatic nitrogens is 3. The molecular weight excluding hydrogens is 347 g/mol. The van der Waals surface area contributed by atoms with E-state index < -0.39 is 5.82 Å². The Hall–Kier alpha value is -3.09. The molecule has 1 aliphatic heterocycles. The second-order valence-electron chi connectivity index (χ2n) is 6.54. The molecule has 0 unspecified atom stereocenters. The zero-order chi connectivity index (χ0) is 19.0. The van der Waals surface area contributed by atoms with Crippen molar-refractivity contribution >= 4 is 22.5 Å². The average Bonchev–Trinajstić information content (AvgIpc) is 2.68. The number of rotatable bonds is 3. The number of ether oxygens (including phenoxy) is 1. The van der Waals surface area contributed by atoms with Crippen LogP contribution in [0.1, 0.15) is 18.5 Å². The fourth-order valence-electron chi connectivity index (χ4n) is 3.31. The lowest BCUT2D eigenvalue weighted by molar-refractivity contribution is -0.119. The molecule has 1 aromatic carbocycles. The predicted molar refractivity (Wildman–Crippen MR) is 100 cm³/mol. The number of hydrogen-bond donors (Lipinski definition) is 0. The van der Waals surface area contributed by atoms with Crippen LogP contribution in [0, 0.1) is 12.7 Å². The first kappa shape index (κ1) is 17.3. The van der Waals surface area contributed by atoms with Gasteiger partial charge in [-0.3, -0.25) is 4.79 Å². The quantitative estimate of drug-likeness (QED) is 0.708. The second kappa shape index (κ2) is 6.90. The smallest absolute Gasteiger partial charge is 0.180 e. The Labute approximate surface area is 156 Å². The fraction of sp³-hybridized carbons (Fsp3) is 0.300. The maximum absolute atomic E-state index is 14.0. The van der Waals surface area contributed by atoms with Crippen molar-refractivity contribution in [2.45, 2.75) is 19.8 Å². The summed E-state index contributed by atoms with van der Waals surface area (Å²) in [6, 6.07) is 6.81. The van der Waals surface area contributed by atoms with E-state index in [0.29, 0.717) is 43.1 Å². The first-order valence-corrected chi connectivity index (χ1v) is 8.80. The number of benzene rings is 1. The number of piperidine rings is 1. The lowest BCUT2D eigenvalue weighted by Gasteiger charge is -2.27. The van der Waals surface area contributed by atoms with Gasteiger partial charge < -0.3 is 9.64 Å². The first-order chi connectivity index (χ1) is 13.1. The summed E-state index contributed by atoms with van der Waals surface area (Å²) < 4.78 is 19.2. The van der Waals surface area contributed by atoms with E-state index in [1.165, 1.54) is 13.2 Å². The van der Waals surface area contributed by atoms with E-state index in [1.807, 2.05) is 19.1 Å². The molecule has 4 rings (SSSR count). The molecule has 1 aliphatic rings. The van der Waals surface area contributed by atoms with E-state index in [9.17, 15) is 9.18 Å². The number of anilines is 1. The summed E-state index contributed by atoms with van der Waals surface area (Å²) in [4.78, 5) is 27.0. The third-order valence-electron chi connectivity index (χ3n) is 4.82. The van der Waals surface area contributed by atoms with Crippen LogP contribution in [-0.2, 0) is 4.79 Å². The van der Waals surface area contributed by atoms with Crippen molar-refractivity contribution in [1.29, 1.82) is 0 Å². The van der Waals surface area contributed by atoms with Crippen LogP contribution >= 0.6 is 0 Å². The van der Waals surface area contributed by atoms with Gasteiger partial charge in [-0.2, -0.15) is 0 Å². The van der Waals surface area contributed by atoms with Gasteiger partial charge in [-0.1, -0.05) is 0 Å². The van der Waals surface area contributed by atoms with Crippen molar-refractivity contribution in [3.8, 4) is 17.1 Å². The van der Waals surface area contributed by atoms with Gasteiger partial charge in [0.15, 0.2) is 17.4 Å². The van der Waals surface area contributed by atoms with Crippen LogP contribution in [0.3, 0.4) is 0 Å². The Balaban J connectivity index is 1.71. The van der Waals surface area contributed by atoms with Crippen LogP contribution in [0.2, 0.25) is 0 Å². The maximum atomic E-state index is 14.0. The molecule has 138 valence electrons. The van der Waals surface area contributed by atoms with Gasteiger partial charge in [0.1, 0.15) is 17.1 Å². The number of methoxy groups -OCH3 is 1. The van der Waals surface area contributed by atoms with Gasteiger partial charge in [0, 0.05) is 48.8 Å². The van der Waals surface area contributed by atoms with Crippen molar-refractivity contribution in [2.75, 3.05) is 25.1 Å². The molecule has 27 heavy (non-hydrogen) atoms. The molecule has 1 fully saturated rings. The van der Waals surface area contributed by atoms with Gasteiger partial charge in [0.05, 0.1) is 7.11 Å². The van der Waals surface area contributed by atoms with Gasteiger partial charge in [-0.05, 0) is 31.2 Å². The van der Waals surface area contributed by atoms with Crippen molar-refractivity contribution < 1.29 is 13.9 Å². The number of nitrogens with zero attached hydrogens (tertiary/aromatic N) is 4. The highest BCUT2D eigenvalue weighted by Crippen LogP contribution is 2.30. The lowest BCUT2D eigenvalue weighted by Crippen LogP contribution is -2.34. The van der Waals surface area contributed by atoms with Gasteiger partial charge in [-0.15, -0.1) is 0 Å². The molecule has 0 amide bonds. The molecule has 0 saturated carbocycles. The number of Topliss-reactive ketones (excluding diaryl/α,β-unsaturated/α-hetero) is 1. The van der Waals surface area contributed by atoms with Crippen LogP contribution in [0.25, 0.3) is 22.3 Å². The SMILES string of the molecule is COc1c(F)ccc2c(C)nc(-c3ccc(N4CCC(=O)CC4)nc3)nc12. The zero-order valence-corrected chi connectivity index (χ0v) is 15.2. The number of pyridine rings is 1. The van der Waals surface area contributed by atoms with E-state index >= 15 is 0 Å². The van der Waals surface area contributed by atoms with Crippen molar-refractivity contribution in [1.82, 2.24) is 15.0 Å². The molecule has 0 bridgehead atoms. The number of fused-ring (bicyclic) bond motifs is 1. The van der Waals surface area contributed by atoms with Crippen LogP contribution in [-0.4, -0.2) is 40.9 Å². The minimum Gasteiger partial charge on any atom is -0.491 e. The van der Waals surface area contributed by atoms with Crippen LogP contribution in [0.5, 0.6) is 5.75 Å². The van der Waals surface area contributed by atoms with E-state index in [0.717, 1.165) is 22.5 Å². The number of carbonyl (C=O) groups excluding carboxylic acids is 1. The summed E-state index contributed by atoms with van der Waals surface area (Å²) in [5, 5.41) is 0.750. The summed E-state index contributed by atoms with van der Waals surface area (Å²) in [5.74, 6) is 1.25. The Morgan fingerprint density at radius 3 is 2.56 bits per heavy atom. The highest BCUT2D eigenvalue weighted by atomic mass is 19.1. The molecule has 3 aromatic rings. The van der Waals surface area contributed by atoms with Crippen molar-refractivity contribution in [3.63, 3.8) is 0 Å². The van der Waals surface area contributed by atoms with Crippen LogP contribution in [0.15, 0.2) is 30.5 Å². The zero-order valence-electron chi connectivity index (χ0n) is 15.2. The molecule has 0 spiro atoms. The first-order valence-electron chi connectivity index (χ1n) is 8.80. The topological polar surface area (TPSA) is 68.2 Å². The van der Waals surface area contributed by atoms with Crippen LogP contribution in [0.4, 0.5) is 10.2 Å². The molecule has 0 atom stereocenters. The fourth-order valence-corrected chi connectivity index (χ4v) is 3.31. The minimum atomic E-state index is -0.456. The summed E-state index contributed by atoms with van der Waals surface area (Å²) in [5.41, 5.74) is 1.92. The molecular formula is C20H19FN4O2.